The molecule has 0 amide bonds. The number of sulfone groups is 1. The quantitative estimate of drug-likeness (QED) is 0.826. The Morgan fingerprint density at radius 3 is 2.71 bits per heavy atom. The summed E-state index contributed by atoms with van der Waals surface area (Å²) in [4.78, 5) is 2.12. The van der Waals surface area contributed by atoms with Crippen molar-refractivity contribution in [1.29, 1.82) is 0 Å². The summed E-state index contributed by atoms with van der Waals surface area (Å²) in [6.45, 7) is 4.88. The normalized spacial score (nSPS) is 21.6. The van der Waals surface area contributed by atoms with E-state index in [1.54, 1.807) is 6.08 Å². The maximum Gasteiger partial charge on any atom is 0.173 e. The fourth-order valence-corrected chi connectivity index (χ4v) is 3.47. The molecule has 0 fully saturated rings. The highest BCUT2D eigenvalue weighted by atomic mass is 32.2. The minimum absolute atomic E-state index is 0.0354. The number of benzene rings is 1. The van der Waals surface area contributed by atoms with Gasteiger partial charge in [-0.3, -0.25) is 0 Å². The number of rotatable bonds is 3. The van der Waals surface area contributed by atoms with Crippen molar-refractivity contribution in [3.8, 4) is 0 Å². The molecule has 1 aromatic carbocycles. The average molecular weight is 251 g/mol. The summed E-state index contributed by atoms with van der Waals surface area (Å²) in [6.07, 6.45) is 1.78. The van der Waals surface area contributed by atoms with Crippen LogP contribution < -0.4 is 4.90 Å². The van der Waals surface area contributed by atoms with Crippen molar-refractivity contribution in [3.63, 3.8) is 0 Å². The molecule has 1 atom stereocenters. The first-order chi connectivity index (χ1) is 8.02. The first-order valence-corrected chi connectivity index (χ1v) is 7.47. The van der Waals surface area contributed by atoms with Gasteiger partial charge in [0.05, 0.1) is 11.8 Å². The van der Waals surface area contributed by atoms with Crippen LogP contribution in [-0.4, -0.2) is 26.8 Å². The van der Waals surface area contributed by atoms with E-state index in [9.17, 15) is 8.42 Å². The molecule has 0 aliphatic carbocycles. The zero-order chi connectivity index (χ0) is 12.5. The minimum Gasteiger partial charge on any atom is -0.364 e. The van der Waals surface area contributed by atoms with E-state index in [2.05, 4.69) is 11.0 Å². The fraction of sp³-hybridized carbons (Fsp3) is 0.385. The lowest BCUT2D eigenvalue weighted by Crippen LogP contribution is -2.35. The molecule has 1 aromatic rings. The van der Waals surface area contributed by atoms with Gasteiger partial charge in [-0.2, -0.15) is 0 Å². The maximum absolute atomic E-state index is 11.4. The fourth-order valence-electron chi connectivity index (χ4n) is 2.17. The van der Waals surface area contributed by atoms with E-state index in [1.165, 1.54) is 11.0 Å². The largest absolute Gasteiger partial charge is 0.364 e. The predicted octanol–water partition coefficient (Wildman–Crippen LogP) is 2.13. The molecule has 92 valence electrons. The van der Waals surface area contributed by atoms with E-state index >= 15 is 0 Å². The second kappa shape index (κ2) is 4.53. The van der Waals surface area contributed by atoms with Gasteiger partial charge in [0.25, 0.3) is 0 Å². The van der Waals surface area contributed by atoms with E-state index in [0.717, 1.165) is 12.2 Å². The minimum atomic E-state index is -2.99. The number of anilines is 1. The molecule has 1 heterocycles. The second-order valence-electron chi connectivity index (χ2n) is 4.35. The van der Waals surface area contributed by atoms with Crippen LogP contribution in [0.3, 0.4) is 0 Å². The highest BCUT2D eigenvalue weighted by Gasteiger charge is 2.26. The summed E-state index contributed by atoms with van der Waals surface area (Å²) in [5, 5.41) is 1.33. The number of hydrogen-bond donors (Lipinski definition) is 0. The Morgan fingerprint density at radius 1 is 1.41 bits per heavy atom. The van der Waals surface area contributed by atoms with Crippen molar-refractivity contribution in [2.75, 3.05) is 17.2 Å². The van der Waals surface area contributed by atoms with Crippen molar-refractivity contribution in [1.82, 2.24) is 0 Å². The molecule has 4 heteroatoms. The smallest absolute Gasteiger partial charge is 0.173 e. The molecule has 17 heavy (non-hydrogen) atoms. The van der Waals surface area contributed by atoms with Crippen LogP contribution in [0.1, 0.15) is 12.5 Å². The van der Waals surface area contributed by atoms with Crippen molar-refractivity contribution in [2.45, 2.75) is 19.9 Å². The molecule has 0 spiro atoms. The lowest BCUT2D eigenvalue weighted by molar-refractivity contribution is 0.602. The summed E-state index contributed by atoms with van der Waals surface area (Å²) < 4.78 is 22.9. The van der Waals surface area contributed by atoms with Gasteiger partial charge in [-0.25, -0.2) is 8.42 Å². The Bertz CT molecular complexity index is 534. The van der Waals surface area contributed by atoms with E-state index in [0.29, 0.717) is 0 Å². The van der Waals surface area contributed by atoms with Gasteiger partial charge < -0.3 is 4.90 Å². The van der Waals surface area contributed by atoms with Crippen LogP contribution in [0, 0.1) is 6.92 Å². The lowest BCUT2D eigenvalue weighted by atomic mass is 10.1. The van der Waals surface area contributed by atoms with Crippen LogP contribution in [0.4, 0.5) is 5.69 Å². The van der Waals surface area contributed by atoms with Crippen LogP contribution >= 0.6 is 0 Å². The van der Waals surface area contributed by atoms with Crippen molar-refractivity contribution < 1.29 is 8.42 Å². The summed E-state index contributed by atoms with van der Waals surface area (Å²) in [5.41, 5.74) is 2.27. The van der Waals surface area contributed by atoms with Gasteiger partial charge in [-0.05, 0) is 37.6 Å². The molecular formula is C13H17NO2S. The summed E-state index contributed by atoms with van der Waals surface area (Å²) in [7, 11) is -2.99. The zero-order valence-electron chi connectivity index (χ0n) is 10.1. The Balaban J connectivity index is 2.27. The Labute approximate surface area is 103 Å². The molecular weight excluding hydrogens is 234 g/mol. The van der Waals surface area contributed by atoms with Crippen LogP contribution in [0.2, 0.25) is 0 Å². The van der Waals surface area contributed by atoms with Gasteiger partial charge in [-0.15, -0.1) is 0 Å². The first kappa shape index (κ1) is 12.2. The van der Waals surface area contributed by atoms with E-state index in [1.807, 2.05) is 32.0 Å². The van der Waals surface area contributed by atoms with E-state index in [4.69, 9.17) is 0 Å². The average Bonchev–Trinajstić information content (AvgIpc) is 2.60. The third-order valence-electron chi connectivity index (χ3n) is 2.99. The summed E-state index contributed by atoms with van der Waals surface area (Å²) in [6, 6.07) is 8.11. The van der Waals surface area contributed by atoms with Gasteiger partial charge in [-0.1, -0.05) is 12.1 Å². The van der Waals surface area contributed by atoms with Crippen LogP contribution in [-0.2, 0) is 9.84 Å². The predicted molar refractivity (Wildman–Crippen MR) is 70.9 cm³/mol. The third-order valence-corrected chi connectivity index (χ3v) is 4.36. The molecule has 0 saturated carbocycles. The summed E-state index contributed by atoms with van der Waals surface area (Å²) >= 11 is 0. The van der Waals surface area contributed by atoms with Gasteiger partial charge in [0.15, 0.2) is 9.84 Å². The molecule has 0 aromatic heterocycles. The molecule has 2 rings (SSSR count). The van der Waals surface area contributed by atoms with Gasteiger partial charge in [0, 0.05) is 17.6 Å². The Hall–Kier alpha value is -1.29. The van der Waals surface area contributed by atoms with Gasteiger partial charge >= 0.3 is 0 Å². The first-order valence-electron chi connectivity index (χ1n) is 5.76. The number of likely N-dealkylation sites (N-methyl/N-ethyl adjacent to an activating group) is 1. The second-order valence-corrected chi connectivity index (χ2v) is 6.28. The molecule has 1 unspecified atom stereocenters. The molecule has 0 bridgehead atoms. The van der Waals surface area contributed by atoms with Gasteiger partial charge in [0.1, 0.15) is 0 Å². The molecule has 0 radical (unpaired) electrons. The third kappa shape index (κ3) is 2.69. The summed E-state index contributed by atoms with van der Waals surface area (Å²) in [5.74, 6) is 0.189. The Morgan fingerprint density at radius 2 is 2.18 bits per heavy atom. The maximum atomic E-state index is 11.4. The SMILES string of the molecule is CCN(c1cccc(C)c1)C1C=CS(=O)(=O)C1. The Kier molecular flexibility index (Phi) is 3.24. The monoisotopic (exact) mass is 251 g/mol. The van der Waals surface area contributed by atoms with E-state index in [-0.39, 0.29) is 11.8 Å². The van der Waals surface area contributed by atoms with Crippen LogP contribution in [0.15, 0.2) is 35.7 Å². The van der Waals surface area contributed by atoms with Gasteiger partial charge in [0.2, 0.25) is 0 Å². The molecule has 1 aliphatic rings. The van der Waals surface area contributed by atoms with E-state index < -0.39 is 9.84 Å². The number of hydrogen-bond acceptors (Lipinski definition) is 3. The molecule has 1 aliphatic heterocycles. The number of nitrogens with zero attached hydrogens (tertiary/aromatic N) is 1. The molecule has 3 nitrogen and oxygen atoms in total. The van der Waals surface area contributed by atoms with Crippen molar-refractivity contribution >= 4 is 15.5 Å². The standard InChI is InChI=1S/C13H17NO2S/c1-3-14(12-6-4-5-11(2)9-12)13-7-8-17(15,16)10-13/h4-9,13H,3,10H2,1-2H3. The molecule has 0 saturated heterocycles. The lowest BCUT2D eigenvalue weighted by Gasteiger charge is -2.28. The zero-order valence-corrected chi connectivity index (χ0v) is 10.9. The van der Waals surface area contributed by atoms with Crippen molar-refractivity contribution in [3.05, 3.63) is 41.3 Å². The van der Waals surface area contributed by atoms with Crippen LogP contribution in [0.25, 0.3) is 0 Å². The highest BCUT2D eigenvalue weighted by molar-refractivity contribution is 7.94. The van der Waals surface area contributed by atoms with Crippen molar-refractivity contribution in [2.24, 2.45) is 0 Å². The molecule has 0 N–H and O–H groups in total. The topological polar surface area (TPSA) is 37.4 Å². The van der Waals surface area contributed by atoms with Crippen LogP contribution in [0.5, 0.6) is 0 Å². The highest BCUT2D eigenvalue weighted by Crippen LogP contribution is 2.22. The number of aryl methyl sites for hydroxylation is 1.